The number of carbonyl (C=O) groups excluding carboxylic acids is 1. The van der Waals surface area contributed by atoms with E-state index in [0.717, 1.165) is 49.8 Å². The van der Waals surface area contributed by atoms with Gasteiger partial charge in [0.15, 0.2) is 11.5 Å². The molecule has 9 heteroatoms. The van der Waals surface area contributed by atoms with Crippen LogP contribution in [0.25, 0.3) is 0 Å². The molecule has 1 aliphatic carbocycles. The third-order valence-corrected chi connectivity index (χ3v) is 5.71. The number of nitrogens with zero attached hydrogens (tertiary/aromatic N) is 3. The van der Waals surface area contributed by atoms with Gasteiger partial charge in [0.1, 0.15) is 12.3 Å². The summed E-state index contributed by atoms with van der Waals surface area (Å²) in [5, 5.41) is 2.74. The number of benzene rings is 1. The first-order chi connectivity index (χ1) is 14.9. The number of nitrogens with two attached hydrogens (primary N) is 2. The van der Waals surface area contributed by atoms with E-state index in [4.69, 9.17) is 25.9 Å². The summed E-state index contributed by atoms with van der Waals surface area (Å²) in [5.41, 5.74) is 13.9. The van der Waals surface area contributed by atoms with E-state index in [1.54, 1.807) is 7.11 Å². The van der Waals surface area contributed by atoms with Crippen LogP contribution in [0.3, 0.4) is 0 Å². The number of nitrogens with one attached hydrogen (secondary N) is 1. The Morgan fingerprint density at radius 3 is 2.61 bits per heavy atom. The SMILES string of the molecule is CCCc1cc(OC)c(OCCNC(C)=O)cc1N1C(N)=NC(N)=NC12CCCCC2. The van der Waals surface area contributed by atoms with Crippen molar-refractivity contribution < 1.29 is 14.3 Å². The lowest BCUT2D eigenvalue weighted by molar-refractivity contribution is -0.119. The normalized spacial score (nSPS) is 17.7. The van der Waals surface area contributed by atoms with Crippen LogP contribution in [0.15, 0.2) is 22.1 Å². The van der Waals surface area contributed by atoms with Gasteiger partial charge in [0.2, 0.25) is 17.8 Å². The Kier molecular flexibility index (Phi) is 7.25. The Hall–Kier alpha value is -2.97. The Morgan fingerprint density at radius 1 is 1.23 bits per heavy atom. The van der Waals surface area contributed by atoms with Gasteiger partial charge in [-0.3, -0.25) is 9.69 Å². The van der Waals surface area contributed by atoms with Gasteiger partial charge in [-0.1, -0.05) is 19.8 Å². The molecule has 1 amide bonds. The summed E-state index contributed by atoms with van der Waals surface area (Å²) in [7, 11) is 1.62. The summed E-state index contributed by atoms with van der Waals surface area (Å²) in [5.74, 6) is 1.71. The molecule has 9 nitrogen and oxygen atoms in total. The molecular weight excluding hydrogens is 396 g/mol. The van der Waals surface area contributed by atoms with Crippen LogP contribution in [0.2, 0.25) is 0 Å². The molecule has 31 heavy (non-hydrogen) atoms. The van der Waals surface area contributed by atoms with Gasteiger partial charge in [-0.05, 0) is 43.7 Å². The molecule has 2 aliphatic rings. The van der Waals surface area contributed by atoms with Crippen molar-refractivity contribution >= 4 is 23.5 Å². The zero-order chi connectivity index (χ0) is 22.4. The van der Waals surface area contributed by atoms with E-state index in [0.29, 0.717) is 30.6 Å². The van der Waals surface area contributed by atoms with Crippen LogP contribution in [-0.2, 0) is 11.2 Å². The summed E-state index contributed by atoms with van der Waals surface area (Å²) in [6, 6.07) is 3.95. The summed E-state index contributed by atoms with van der Waals surface area (Å²) < 4.78 is 11.6. The number of methoxy groups -OCH3 is 1. The van der Waals surface area contributed by atoms with Crippen LogP contribution in [0.5, 0.6) is 11.5 Å². The van der Waals surface area contributed by atoms with Gasteiger partial charge in [-0.2, -0.15) is 4.99 Å². The second kappa shape index (κ2) is 9.89. The topological polar surface area (TPSA) is 128 Å². The van der Waals surface area contributed by atoms with Crippen LogP contribution in [0.1, 0.15) is 57.9 Å². The molecule has 3 rings (SSSR count). The van der Waals surface area contributed by atoms with Gasteiger partial charge in [0, 0.05) is 13.0 Å². The van der Waals surface area contributed by atoms with E-state index in [9.17, 15) is 4.79 Å². The number of hydrogen-bond acceptors (Lipinski definition) is 8. The molecule has 1 fully saturated rings. The standard InChI is InChI=1S/C22H34N6O3/c1-4-8-16-13-18(30-3)19(31-12-11-25-15(2)29)14-17(16)28-21(24)26-20(23)27-22(28)9-6-5-7-10-22/h13-14H,4-12H2,1-3H3,(H,25,29)(H4,23,24,26,27). The Labute approximate surface area is 183 Å². The molecule has 0 atom stereocenters. The molecule has 1 heterocycles. The monoisotopic (exact) mass is 430 g/mol. The first-order valence-electron chi connectivity index (χ1n) is 11.0. The largest absolute Gasteiger partial charge is 0.493 e. The maximum atomic E-state index is 11.1. The van der Waals surface area contributed by atoms with E-state index in [-0.39, 0.29) is 11.9 Å². The molecule has 0 aromatic heterocycles. The van der Waals surface area contributed by atoms with E-state index >= 15 is 0 Å². The van der Waals surface area contributed by atoms with Crippen LogP contribution < -0.4 is 31.2 Å². The molecule has 0 unspecified atom stereocenters. The minimum Gasteiger partial charge on any atom is -0.493 e. The van der Waals surface area contributed by atoms with Crippen molar-refractivity contribution in [2.45, 2.75) is 64.5 Å². The highest BCUT2D eigenvalue weighted by Crippen LogP contribution is 2.44. The van der Waals surface area contributed by atoms with Crippen molar-refractivity contribution in [1.29, 1.82) is 0 Å². The summed E-state index contributed by atoms with van der Waals surface area (Å²) in [6.07, 6.45) is 6.81. The van der Waals surface area contributed by atoms with Crippen molar-refractivity contribution in [3.05, 3.63) is 17.7 Å². The zero-order valence-electron chi connectivity index (χ0n) is 18.7. The molecule has 0 bridgehead atoms. The van der Waals surface area contributed by atoms with Gasteiger partial charge in [0.05, 0.1) is 19.3 Å². The first kappa shape index (κ1) is 22.7. The molecule has 1 aromatic carbocycles. The second-order valence-corrected chi connectivity index (χ2v) is 8.03. The van der Waals surface area contributed by atoms with E-state index in [1.165, 1.54) is 13.3 Å². The van der Waals surface area contributed by atoms with Gasteiger partial charge in [0.25, 0.3) is 0 Å². The lowest BCUT2D eigenvalue weighted by atomic mass is 9.86. The summed E-state index contributed by atoms with van der Waals surface area (Å²) >= 11 is 0. The Balaban J connectivity index is 2.03. The van der Waals surface area contributed by atoms with Gasteiger partial charge < -0.3 is 26.3 Å². The Morgan fingerprint density at radius 2 is 1.97 bits per heavy atom. The highest BCUT2D eigenvalue weighted by molar-refractivity contribution is 6.06. The predicted molar refractivity (Wildman–Crippen MR) is 123 cm³/mol. The number of rotatable bonds is 8. The fourth-order valence-electron chi connectivity index (χ4n) is 4.40. The van der Waals surface area contributed by atoms with Crippen molar-refractivity contribution in [3.63, 3.8) is 0 Å². The molecule has 1 aliphatic heterocycles. The summed E-state index contributed by atoms with van der Waals surface area (Å²) in [4.78, 5) is 22.2. The highest BCUT2D eigenvalue weighted by Gasteiger charge is 2.43. The van der Waals surface area contributed by atoms with Gasteiger partial charge in [-0.15, -0.1) is 0 Å². The average molecular weight is 431 g/mol. The lowest BCUT2D eigenvalue weighted by Gasteiger charge is -2.46. The lowest BCUT2D eigenvalue weighted by Crippen LogP contribution is -2.58. The second-order valence-electron chi connectivity index (χ2n) is 8.03. The van der Waals surface area contributed by atoms with Crippen LogP contribution >= 0.6 is 0 Å². The molecule has 1 aromatic rings. The van der Waals surface area contributed by atoms with Crippen molar-refractivity contribution in [2.24, 2.45) is 21.5 Å². The maximum absolute atomic E-state index is 11.1. The molecule has 0 saturated heterocycles. The fourth-order valence-corrected chi connectivity index (χ4v) is 4.40. The third-order valence-electron chi connectivity index (χ3n) is 5.71. The van der Waals surface area contributed by atoms with E-state index in [1.807, 2.05) is 17.0 Å². The van der Waals surface area contributed by atoms with Crippen molar-refractivity contribution in [3.8, 4) is 11.5 Å². The van der Waals surface area contributed by atoms with Crippen LogP contribution in [0.4, 0.5) is 5.69 Å². The zero-order valence-corrected chi connectivity index (χ0v) is 18.7. The minimum absolute atomic E-state index is 0.0958. The van der Waals surface area contributed by atoms with Crippen LogP contribution in [0, 0.1) is 0 Å². The molecule has 1 saturated carbocycles. The molecular formula is C22H34N6O3. The minimum atomic E-state index is -0.529. The summed E-state index contributed by atoms with van der Waals surface area (Å²) in [6.45, 7) is 4.34. The molecule has 5 N–H and O–H groups in total. The number of amides is 1. The van der Waals surface area contributed by atoms with Crippen molar-refractivity contribution in [1.82, 2.24) is 5.32 Å². The average Bonchev–Trinajstić information content (AvgIpc) is 2.72. The highest BCUT2D eigenvalue weighted by atomic mass is 16.5. The fraction of sp³-hybridized carbons (Fsp3) is 0.591. The number of hydrogen-bond donors (Lipinski definition) is 3. The van der Waals surface area contributed by atoms with Crippen molar-refractivity contribution in [2.75, 3.05) is 25.2 Å². The smallest absolute Gasteiger partial charge is 0.220 e. The van der Waals surface area contributed by atoms with Crippen LogP contribution in [-0.4, -0.2) is 43.8 Å². The molecule has 0 radical (unpaired) electrons. The number of anilines is 1. The first-order valence-corrected chi connectivity index (χ1v) is 11.0. The number of aliphatic imine (C=N–C) groups is 2. The number of carbonyl (C=O) groups is 1. The van der Waals surface area contributed by atoms with E-state index < -0.39 is 5.66 Å². The molecule has 1 spiro atoms. The molecule has 170 valence electrons. The number of ether oxygens (including phenoxy) is 2. The van der Waals surface area contributed by atoms with Gasteiger partial charge >= 0.3 is 0 Å². The predicted octanol–water partition coefficient (Wildman–Crippen LogP) is 2.27. The number of aryl methyl sites for hydroxylation is 1. The third kappa shape index (κ3) is 5.03. The van der Waals surface area contributed by atoms with Gasteiger partial charge in [-0.25, -0.2) is 4.99 Å². The number of guanidine groups is 2. The van der Waals surface area contributed by atoms with E-state index in [2.05, 4.69) is 17.2 Å². The Bertz CT molecular complexity index is 861. The maximum Gasteiger partial charge on any atom is 0.220 e. The quantitative estimate of drug-likeness (QED) is 0.543.